The topological polar surface area (TPSA) is 87.3 Å². The smallest absolute Gasteiger partial charge is 0.240 e. The third-order valence-corrected chi connectivity index (χ3v) is 4.06. The van der Waals surface area contributed by atoms with E-state index in [1.165, 1.54) is 19.2 Å². The molecule has 0 heterocycles. The summed E-state index contributed by atoms with van der Waals surface area (Å²) in [7, 11) is -2.04. The predicted molar refractivity (Wildman–Crippen MR) is 83.7 cm³/mol. The van der Waals surface area contributed by atoms with Gasteiger partial charge in [-0.1, -0.05) is 0 Å². The lowest BCUT2D eigenvalue weighted by Crippen LogP contribution is -2.41. The van der Waals surface area contributed by atoms with Crippen molar-refractivity contribution in [3.05, 3.63) is 24.3 Å². The Labute approximate surface area is 126 Å². The average molecular weight is 313 g/mol. The second kappa shape index (κ2) is 6.91. The summed E-state index contributed by atoms with van der Waals surface area (Å²) in [6.45, 7) is 6.28. The zero-order valence-electron chi connectivity index (χ0n) is 12.9. The fourth-order valence-corrected chi connectivity index (χ4v) is 2.40. The van der Waals surface area contributed by atoms with Crippen LogP contribution >= 0.6 is 0 Å². The SMILES string of the molecule is CNS(=O)(=O)c1ccc(NCCC(=O)NC(C)(C)C)cc1. The molecule has 0 aliphatic rings. The van der Waals surface area contributed by atoms with E-state index in [2.05, 4.69) is 15.4 Å². The van der Waals surface area contributed by atoms with Crippen molar-refractivity contribution < 1.29 is 13.2 Å². The Hall–Kier alpha value is -1.60. The Morgan fingerprint density at radius 2 is 1.71 bits per heavy atom. The summed E-state index contributed by atoms with van der Waals surface area (Å²) >= 11 is 0. The average Bonchev–Trinajstić information content (AvgIpc) is 2.37. The first-order valence-corrected chi connectivity index (χ1v) is 8.21. The van der Waals surface area contributed by atoms with E-state index < -0.39 is 10.0 Å². The Morgan fingerprint density at radius 1 is 1.14 bits per heavy atom. The van der Waals surface area contributed by atoms with Gasteiger partial charge in [-0.25, -0.2) is 13.1 Å². The molecule has 0 atom stereocenters. The summed E-state index contributed by atoms with van der Waals surface area (Å²) in [4.78, 5) is 11.8. The van der Waals surface area contributed by atoms with Gasteiger partial charge in [0.1, 0.15) is 0 Å². The van der Waals surface area contributed by atoms with Crippen LogP contribution in [0, 0.1) is 0 Å². The minimum absolute atomic E-state index is 0.0237. The molecule has 3 N–H and O–H groups in total. The molecule has 21 heavy (non-hydrogen) atoms. The first kappa shape index (κ1) is 17.5. The van der Waals surface area contributed by atoms with Gasteiger partial charge in [0.05, 0.1) is 4.90 Å². The zero-order valence-corrected chi connectivity index (χ0v) is 13.7. The van der Waals surface area contributed by atoms with Crippen LogP contribution in [-0.2, 0) is 14.8 Å². The Morgan fingerprint density at radius 3 is 2.19 bits per heavy atom. The summed E-state index contributed by atoms with van der Waals surface area (Å²) in [5.41, 5.74) is 0.536. The largest absolute Gasteiger partial charge is 0.385 e. The van der Waals surface area contributed by atoms with Gasteiger partial charge >= 0.3 is 0 Å². The fraction of sp³-hybridized carbons (Fsp3) is 0.500. The highest BCUT2D eigenvalue weighted by Gasteiger charge is 2.13. The molecule has 0 saturated carbocycles. The Kier molecular flexibility index (Phi) is 5.74. The standard InChI is InChI=1S/C14H23N3O3S/c1-14(2,3)17-13(18)9-10-16-11-5-7-12(8-6-11)21(19,20)15-4/h5-8,15-16H,9-10H2,1-4H3,(H,17,18). The highest BCUT2D eigenvalue weighted by atomic mass is 32.2. The number of nitrogens with one attached hydrogen (secondary N) is 3. The molecule has 0 unspecified atom stereocenters. The summed E-state index contributed by atoms with van der Waals surface area (Å²) in [5.74, 6) is -0.0237. The number of rotatable bonds is 6. The minimum atomic E-state index is -3.41. The molecule has 1 aromatic rings. The Balaban J connectivity index is 2.49. The van der Waals surface area contributed by atoms with Crippen molar-refractivity contribution in [1.29, 1.82) is 0 Å². The van der Waals surface area contributed by atoms with Crippen molar-refractivity contribution in [2.45, 2.75) is 37.6 Å². The molecule has 0 aliphatic carbocycles. The highest BCUT2D eigenvalue weighted by molar-refractivity contribution is 7.89. The second-order valence-corrected chi connectivity index (χ2v) is 7.59. The monoisotopic (exact) mass is 313 g/mol. The number of amides is 1. The third-order valence-electron chi connectivity index (χ3n) is 2.63. The van der Waals surface area contributed by atoms with Crippen molar-refractivity contribution in [3.8, 4) is 0 Å². The van der Waals surface area contributed by atoms with Gasteiger partial charge in [-0.05, 0) is 52.1 Å². The molecule has 0 fully saturated rings. The van der Waals surface area contributed by atoms with E-state index >= 15 is 0 Å². The molecule has 0 spiro atoms. The highest BCUT2D eigenvalue weighted by Crippen LogP contribution is 2.13. The van der Waals surface area contributed by atoms with E-state index in [1.54, 1.807) is 12.1 Å². The number of benzene rings is 1. The van der Waals surface area contributed by atoms with Crippen molar-refractivity contribution in [3.63, 3.8) is 0 Å². The molecular weight excluding hydrogens is 290 g/mol. The molecule has 0 bridgehead atoms. The molecule has 1 amide bonds. The maximum absolute atomic E-state index is 11.6. The van der Waals surface area contributed by atoms with E-state index in [0.29, 0.717) is 13.0 Å². The van der Waals surface area contributed by atoms with E-state index in [4.69, 9.17) is 0 Å². The van der Waals surface area contributed by atoms with Crippen molar-refractivity contribution >= 4 is 21.6 Å². The van der Waals surface area contributed by atoms with Crippen LogP contribution in [0.3, 0.4) is 0 Å². The lowest BCUT2D eigenvalue weighted by Gasteiger charge is -2.20. The maximum atomic E-state index is 11.6. The van der Waals surface area contributed by atoms with Crippen LogP contribution in [0.1, 0.15) is 27.2 Å². The Bertz CT molecular complexity index is 574. The lowest BCUT2D eigenvalue weighted by molar-refractivity contribution is -0.122. The summed E-state index contributed by atoms with van der Waals surface area (Å²) < 4.78 is 25.4. The van der Waals surface area contributed by atoms with E-state index in [-0.39, 0.29) is 16.3 Å². The van der Waals surface area contributed by atoms with Gasteiger partial charge in [0.15, 0.2) is 0 Å². The molecule has 118 valence electrons. The molecule has 0 radical (unpaired) electrons. The molecule has 1 aromatic carbocycles. The first-order chi connectivity index (χ1) is 9.64. The van der Waals surface area contributed by atoms with Gasteiger partial charge in [0, 0.05) is 24.2 Å². The first-order valence-electron chi connectivity index (χ1n) is 6.72. The van der Waals surface area contributed by atoms with Crippen LogP contribution in [-0.4, -0.2) is 33.5 Å². The lowest BCUT2D eigenvalue weighted by atomic mass is 10.1. The van der Waals surface area contributed by atoms with Gasteiger partial charge in [0.25, 0.3) is 0 Å². The quantitative estimate of drug-likeness (QED) is 0.739. The maximum Gasteiger partial charge on any atom is 0.240 e. The number of anilines is 1. The van der Waals surface area contributed by atoms with Gasteiger partial charge in [-0.2, -0.15) is 0 Å². The molecular formula is C14H23N3O3S. The number of carbonyl (C=O) groups is 1. The predicted octanol–water partition coefficient (Wildman–Crippen LogP) is 1.31. The summed E-state index contributed by atoms with van der Waals surface area (Å²) in [5, 5.41) is 5.96. The summed E-state index contributed by atoms with van der Waals surface area (Å²) in [6, 6.07) is 6.38. The molecule has 6 nitrogen and oxygen atoms in total. The number of hydrogen-bond acceptors (Lipinski definition) is 4. The molecule has 7 heteroatoms. The number of carbonyl (C=O) groups excluding carboxylic acids is 1. The van der Waals surface area contributed by atoms with Gasteiger partial charge in [0.2, 0.25) is 15.9 Å². The van der Waals surface area contributed by atoms with Gasteiger partial charge < -0.3 is 10.6 Å². The minimum Gasteiger partial charge on any atom is -0.385 e. The molecule has 1 rings (SSSR count). The summed E-state index contributed by atoms with van der Waals surface area (Å²) in [6.07, 6.45) is 0.355. The molecule has 0 aliphatic heterocycles. The van der Waals surface area contributed by atoms with E-state index in [9.17, 15) is 13.2 Å². The van der Waals surface area contributed by atoms with Gasteiger partial charge in [-0.15, -0.1) is 0 Å². The van der Waals surface area contributed by atoms with E-state index in [0.717, 1.165) is 5.69 Å². The number of hydrogen-bond donors (Lipinski definition) is 3. The normalized spacial score (nSPS) is 12.0. The van der Waals surface area contributed by atoms with Crippen LogP contribution in [0.4, 0.5) is 5.69 Å². The van der Waals surface area contributed by atoms with Crippen LogP contribution in [0.5, 0.6) is 0 Å². The number of sulfonamides is 1. The fourth-order valence-electron chi connectivity index (χ4n) is 1.67. The zero-order chi connectivity index (χ0) is 16.1. The van der Waals surface area contributed by atoms with Gasteiger partial charge in [-0.3, -0.25) is 4.79 Å². The van der Waals surface area contributed by atoms with Crippen LogP contribution in [0.25, 0.3) is 0 Å². The second-order valence-electron chi connectivity index (χ2n) is 5.71. The van der Waals surface area contributed by atoms with Crippen LogP contribution in [0.15, 0.2) is 29.2 Å². The third kappa shape index (κ3) is 6.14. The van der Waals surface area contributed by atoms with Crippen molar-refractivity contribution in [1.82, 2.24) is 10.0 Å². The molecule has 0 saturated heterocycles. The van der Waals surface area contributed by atoms with Crippen molar-refractivity contribution in [2.24, 2.45) is 0 Å². The molecule has 0 aromatic heterocycles. The van der Waals surface area contributed by atoms with Crippen LogP contribution < -0.4 is 15.4 Å². The van der Waals surface area contributed by atoms with E-state index in [1.807, 2.05) is 20.8 Å². The van der Waals surface area contributed by atoms with Crippen molar-refractivity contribution in [2.75, 3.05) is 18.9 Å². The van der Waals surface area contributed by atoms with Crippen LogP contribution in [0.2, 0.25) is 0 Å².